The molecular weight excluding hydrogens is 305 g/mol. The fraction of sp³-hybridized carbons (Fsp3) is 0.500. The van der Waals surface area contributed by atoms with E-state index in [2.05, 4.69) is 34.2 Å². The smallest absolute Gasteiger partial charge is 0.124 e. The van der Waals surface area contributed by atoms with E-state index < -0.39 is 0 Å². The quantitative estimate of drug-likeness (QED) is 0.740. The van der Waals surface area contributed by atoms with E-state index in [4.69, 9.17) is 0 Å². The van der Waals surface area contributed by atoms with Crippen LogP contribution in [-0.2, 0) is 0 Å². The molecule has 1 aromatic carbocycles. The molecule has 1 aliphatic carbocycles. The van der Waals surface area contributed by atoms with Gasteiger partial charge in [0.05, 0.1) is 6.04 Å². The first-order valence-electron chi connectivity index (χ1n) is 7.09. The highest BCUT2D eigenvalue weighted by molar-refractivity contribution is 9.10. The first kappa shape index (κ1) is 14.7. The Balaban J connectivity index is 2.27. The Morgan fingerprint density at radius 2 is 2.21 bits per heavy atom. The van der Waals surface area contributed by atoms with Crippen LogP contribution in [0.2, 0.25) is 0 Å². The molecule has 0 amide bonds. The molecule has 1 unspecified atom stereocenters. The number of halogens is 2. The van der Waals surface area contributed by atoms with Crippen molar-refractivity contribution in [2.45, 2.75) is 45.1 Å². The first-order chi connectivity index (χ1) is 9.22. The van der Waals surface area contributed by atoms with E-state index in [-0.39, 0.29) is 11.9 Å². The third-order valence-electron chi connectivity index (χ3n) is 3.57. The summed E-state index contributed by atoms with van der Waals surface area (Å²) in [5, 5.41) is 3.59. The van der Waals surface area contributed by atoms with Crippen LogP contribution in [0.3, 0.4) is 0 Å². The van der Waals surface area contributed by atoms with E-state index in [0.29, 0.717) is 0 Å². The minimum Gasteiger partial charge on any atom is -0.307 e. The Morgan fingerprint density at radius 3 is 2.84 bits per heavy atom. The Morgan fingerprint density at radius 1 is 1.37 bits per heavy atom. The average molecular weight is 326 g/mol. The number of hydrogen-bond acceptors (Lipinski definition) is 1. The van der Waals surface area contributed by atoms with Crippen LogP contribution in [0.1, 0.15) is 50.6 Å². The van der Waals surface area contributed by atoms with Crippen LogP contribution < -0.4 is 5.32 Å². The van der Waals surface area contributed by atoms with Gasteiger partial charge in [0, 0.05) is 4.47 Å². The summed E-state index contributed by atoms with van der Waals surface area (Å²) in [6.45, 7) is 3.14. The Hall–Kier alpha value is -0.670. The summed E-state index contributed by atoms with van der Waals surface area (Å²) in [7, 11) is 0. The van der Waals surface area contributed by atoms with Gasteiger partial charge in [-0.05, 0) is 56.3 Å². The average Bonchev–Trinajstić information content (AvgIpc) is 2.42. The summed E-state index contributed by atoms with van der Waals surface area (Å²) in [6, 6.07) is 5.21. The Bertz CT molecular complexity index is 456. The van der Waals surface area contributed by atoms with Gasteiger partial charge in [0.1, 0.15) is 5.82 Å². The van der Waals surface area contributed by atoms with Crippen molar-refractivity contribution >= 4 is 15.9 Å². The van der Waals surface area contributed by atoms with Gasteiger partial charge in [-0.3, -0.25) is 0 Å². The van der Waals surface area contributed by atoms with Gasteiger partial charge in [-0.15, -0.1) is 0 Å². The second kappa shape index (κ2) is 7.20. The molecule has 0 radical (unpaired) electrons. The molecular formula is C16H21BrFN. The highest BCUT2D eigenvalue weighted by Crippen LogP contribution is 2.33. The van der Waals surface area contributed by atoms with E-state index in [0.717, 1.165) is 29.4 Å². The number of rotatable bonds is 5. The fourth-order valence-corrected chi connectivity index (χ4v) is 3.17. The molecule has 0 fully saturated rings. The number of allylic oxidation sites excluding steroid dienone is 1. The van der Waals surface area contributed by atoms with Gasteiger partial charge >= 0.3 is 0 Å². The number of benzene rings is 1. The van der Waals surface area contributed by atoms with Gasteiger partial charge < -0.3 is 5.32 Å². The summed E-state index contributed by atoms with van der Waals surface area (Å²) in [6.07, 6.45) is 8.31. The molecule has 1 atom stereocenters. The molecule has 2 rings (SSSR count). The minimum atomic E-state index is -0.192. The molecule has 1 aliphatic rings. The van der Waals surface area contributed by atoms with Crippen LogP contribution in [0.5, 0.6) is 0 Å². The summed E-state index contributed by atoms with van der Waals surface area (Å²) < 4.78 is 14.1. The third kappa shape index (κ3) is 3.90. The van der Waals surface area contributed by atoms with Gasteiger partial charge in [-0.2, -0.15) is 0 Å². The lowest BCUT2D eigenvalue weighted by atomic mass is 9.89. The van der Waals surface area contributed by atoms with Crippen molar-refractivity contribution in [3.05, 3.63) is 45.7 Å². The zero-order valence-electron chi connectivity index (χ0n) is 11.4. The van der Waals surface area contributed by atoms with E-state index in [1.807, 2.05) is 6.07 Å². The predicted molar refractivity (Wildman–Crippen MR) is 81.7 cm³/mol. The van der Waals surface area contributed by atoms with E-state index in [9.17, 15) is 4.39 Å². The summed E-state index contributed by atoms with van der Waals surface area (Å²) in [5.41, 5.74) is 2.59. The van der Waals surface area contributed by atoms with Crippen molar-refractivity contribution in [3.63, 3.8) is 0 Å². The first-order valence-corrected chi connectivity index (χ1v) is 7.89. The molecule has 1 N–H and O–H groups in total. The summed E-state index contributed by atoms with van der Waals surface area (Å²) in [4.78, 5) is 0. The van der Waals surface area contributed by atoms with Gasteiger partial charge in [0.2, 0.25) is 0 Å². The molecule has 104 valence electrons. The zero-order chi connectivity index (χ0) is 13.7. The van der Waals surface area contributed by atoms with E-state index in [1.54, 1.807) is 12.1 Å². The third-order valence-corrected chi connectivity index (χ3v) is 4.26. The lowest BCUT2D eigenvalue weighted by Crippen LogP contribution is -2.25. The highest BCUT2D eigenvalue weighted by Gasteiger charge is 2.19. The standard InChI is InChI=1S/C16H21BrFN/c1-2-10-19-16(12-6-4-3-5-7-12)14-9-8-13(18)11-15(14)17/h6,8-9,11,16,19H,2-5,7,10H2,1H3. The molecule has 3 heteroatoms. The monoisotopic (exact) mass is 325 g/mol. The van der Waals surface area contributed by atoms with Crippen molar-refractivity contribution < 1.29 is 4.39 Å². The summed E-state index contributed by atoms with van der Waals surface area (Å²) >= 11 is 3.50. The lowest BCUT2D eigenvalue weighted by molar-refractivity contribution is 0.543. The van der Waals surface area contributed by atoms with Crippen molar-refractivity contribution in [3.8, 4) is 0 Å². The van der Waals surface area contributed by atoms with Crippen LogP contribution in [0.25, 0.3) is 0 Å². The van der Waals surface area contributed by atoms with Crippen LogP contribution in [-0.4, -0.2) is 6.54 Å². The molecule has 0 saturated carbocycles. The lowest BCUT2D eigenvalue weighted by Gasteiger charge is -2.26. The SMILES string of the molecule is CCCNC(C1=CCCCC1)c1ccc(F)cc1Br. The van der Waals surface area contributed by atoms with Crippen LogP contribution >= 0.6 is 15.9 Å². The molecule has 0 saturated heterocycles. The van der Waals surface area contributed by atoms with Crippen molar-refractivity contribution in [1.29, 1.82) is 0 Å². The number of nitrogens with one attached hydrogen (secondary N) is 1. The molecule has 0 aliphatic heterocycles. The maximum absolute atomic E-state index is 13.2. The minimum absolute atomic E-state index is 0.192. The topological polar surface area (TPSA) is 12.0 Å². The molecule has 0 aromatic heterocycles. The molecule has 0 spiro atoms. The zero-order valence-corrected chi connectivity index (χ0v) is 13.0. The maximum Gasteiger partial charge on any atom is 0.124 e. The van der Waals surface area contributed by atoms with Crippen molar-refractivity contribution in [2.24, 2.45) is 0 Å². The summed E-state index contributed by atoms with van der Waals surface area (Å²) in [5.74, 6) is -0.192. The fourth-order valence-electron chi connectivity index (χ4n) is 2.59. The molecule has 0 bridgehead atoms. The molecule has 1 aromatic rings. The molecule has 1 nitrogen and oxygen atoms in total. The Kier molecular flexibility index (Phi) is 5.59. The largest absolute Gasteiger partial charge is 0.307 e. The van der Waals surface area contributed by atoms with Gasteiger partial charge in [0.15, 0.2) is 0 Å². The Labute approximate surface area is 123 Å². The second-order valence-corrected chi connectivity index (χ2v) is 5.93. The molecule has 0 heterocycles. The van der Waals surface area contributed by atoms with Crippen LogP contribution in [0.15, 0.2) is 34.3 Å². The second-order valence-electron chi connectivity index (χ2n) is 5.08. The van der Waals surface area contributed by atoms with E-state index >= 15 is 0 Å². The number of hydrogen-bond donors (Lipinski definition) is 1. The van der Waals surface area contributed by atoms with Crippen LogP contribution in [0.4, 0.5) is 4.39 Å². The predicted octanol–water partition coefficient (Wildman–Crippen LogP) is 5.13. The van der Waals surface area contributed by atoms with Gasteiger partial charge in [-0.25, -0.2) is 4.39 Å². The molecule has 19 heavy (non-hydrogen) atoms. The van der Waals surface area contributed by atoms with E-state index in [1.165, 1.54) is 24.8 Å². The van der Waals surface area contributed by atoms with Crippen LogP contribution in [0, 0.1) is 5.82 Å². The normalized spacial score (nSPS) is 17.1. The highest BCUT2D eigenvalue weighted by atomic mass is 79.9. The van der Waals surface area contributed by atoms with Crippen molar-refractivity contribution in [1.82, 2.24) is 5.32 Å². The van der Waals surface area contributed by atoms with Gasteiger partial charge in [0.25, 0.3) is 0 Å². The maximum atomic E-state index is 13.2. The van der Waals surface area contributed by atoms with Crippen molar-refractivity contribution in [2.75, 3.05) is 6.54 Å². The van der Waals surface area contributed by atoms with Gasteiger partial charge in [-0.1, -0.05) is 40.6 Å².